The van der Waals surface area contributed by atoms with E-state index in [0.29, 0.717) is 12.5 Å². The SMILES string of the molecule is CC1(C)CCC(C)(C)c2cc(C(=O)N3CCC(CN)C3)ccc21.Cl. The summed E-state index contributed by atoms with van der Waals surface area (Å²) in [7, 11) is 0. The van der Waals surface area contributed by atoms with E-state index in [-0.39, 0.29) is 29.1 Å². The maximum atomic E-state index is 12.9. The van der Waals surface area contributed by atoms with E-state index in [2.05, 4.69) is 39.8 Å². The van der Waals surface area contributed by atoms with Crippen molar-refractivity contribution in [2.45, 2.75) is 57.8 Å². The highest BCUT2D eigenvalue weighted by molar-refractivity contribution is 5.94. The molecule has 24 heavy (non-hydrogen) atoms. The number of nitrogens with two attached hydrogens (primary N) is 1. The van der Waals surface area contributed by atoms with Gasteiger partial charge in [-0.1, -0.05) is 33.8 Å². The topological polar surface area (TPSA) is 46.3 Å². The molecule has 1 atom stereocenters. The molecule has 0 radical (unpaired) electrons. The monoisotopic (exact) mass is 350 g/mol. The highest BCUT2D eigenvalue weighted by atomic mass is 35.5. The van der Waals surface area contributed by atoms with Crippen LogP contribution in [-0.2, 0) is 10.8 Å². The van der Waals surface area contributed by atoms with Crippen LogP contribution in [0.1, 0.15) is 68.4 Å². The predicted molar refractivity (Wildman–Crippen MR) is 102 cm³/mol. The normalized spacial score (nSPS) is 24.2. The van der Waals surface area contributed by atoms with E-state index in [1.165, 1.54) is 24.0 Å². The van der Waals surface area contributed by atoms with Crippen LogP contribution in [0.5, 0.6) is 0 Å². The van der Waals surface area contributed by atoms with Crippen molar-refractivity contribution in [2.75, 3.05) is 19.6 Å². The van der Waals surface area contributed by atoms with Crippen LogP contribution in [0, 0.1) is 5.92 Å². The third-order valence-corrected chi connectivity index (χ3v) is 6.01. The molecule has 0 spiro atoms. The molecular formula is C20H31ClN2O. The van der Waals surface area contributed by atoms with Gasteiger partial charge in [0.15, 0.2) is 0 Å². The lowest BCUT2D eigenvalue weighted by Gasteiger charge is -2.42. The lowest BCUT2D eigenvalue weighted by molar-refractivity contribution is 0.0787. The number of rotatable bonds is 2. The first-order valence-corrected chi connectivity index (χ1v) is 8.89. The van der Waals surface area contributed by atoms with Crippen molar-refractivity contribution in [1.29, 1.82) is 0 Å². The van der Waals surface area contributed by atoms with Crippen LogP contribution in [0.4, 0.5) is 0 Å². The fraction of sp³-hybridized carbons (Fsp3) is 0.650. The highest BCUT2D eigenvalue weighted by Crippen LogP contribution is 2.46. The van der Waals surface area contributed by atoms with Crippen molar-refractivity contribution in [3.8, 4) is 0 Å². The van der Waals surface area contributed by atoms with Crippen LogP contribution in [-0.4, -0.2) is 30.4 Å². The minimum atomic E-state index is 0. The average Bonchev–Trinajstić information content (AvgIpc) is 3.00. The summed E-state index contributed by atoms with van der Waals surface area (Å²) in [6, 6.07) is 6.38. The first kappa shape index (κ1) is 19.3. The number of hydrogen-bond donors (Lipinski definition) is 1. The van der Waals surface area contributed by atoms with Gasteiger partial charge in [-0.15, -0.1) is 12.4 Å². The molecule has 0 aromatic heterocycles. The lowest BCUT2D eigenvalue weighted by atomic mass is 9.63. The third kappa shape index (κ3) is 3.34. The van der Waals surface area contributed by atoms with Crippen LogP contribution >= 0.6 is 12.4 Å². The number of benzene rings is 1. The summed E-state index contributed by atoms with van der Waals surface area (Å²) in [4.78, 5) is 14.8. The van der Waals surface area contributed by atoms with Gasteiger partial charge in [-0.2, -0.15) is 0 Å². The molecule has 1 amide bonds. The van der Waals surface area contributed by atoms with E-state index < -0.39 is 0 Å². The molecule has 1 aromatic carbocycles. The lowest BCUT2D eigenvalue weighted by Crippen LogP contribution is -2.35. The quantitative estimate of drug-likeness (QED) is 0.879. The van der Waals surface area contributed by atoms with Gasteiger partial charge in [-0.05, 0) is 65.8 Å². The van der Waals surface area contributed by atoms with Gasteiger partial charge in [0.05, 0.1) is 0 Å². The number of likely N-dealkylation sites (tertiary alicyclic amines) is 1. The van der Waals surface area contributed by atoms with Crippen LogP contribution in [0.25, 0.3) is 0 Å². The Morgan fingerprint density at radius 1 is 1.17 bits per heavy atom. The smallest absolute Gasteiger partial charge is 0.253 e. The van der Waals surface area contributed by atoms with E-state index >= 15 is 0 Å². The van der Waals surface area contributed by atoms with Crippen molar-refractivity contribution >= 4 is 18.3 Å². The largest absolute Gasteiger partial charge is 0.338 e. The van der Waals surface area contributed by atoms with E-state index in [9.17, 15) is 4.79 Å². The fourth-order valence-electron chi connectivity index (χ4n) is 4.11. The average molecular weight is 351 g/mol. The fourth-order valence-corrected chi connectivity index (χ4v) is 4.11. The van der Waals surface area contributed by atoms with E-state index in [1.807, 2.05) is 11.0 Å². The summed E-state index contributed by atoms with van der Waals surface area (Å²) in [5, 5.41) is 0. The number of carbonyl (C=O) groups excluding carboxylic acids is 1. The van der Waals surface area contributed by atoms with Crippen LogP contribution in [0.15, 0.2) is 18.2 Å². The molecule has 0 saturated carbocycles. The molecule has 2 N–H and O–H groups in total. The molecule has 1 aliphatic carbocycles. The number of nitrogens with zero attached hydrogens (tertiary/aromatic N) is 1. The molecule has 0 bridgehead atoms. The van der Waals surface area contributed by atoms with Crippen LogP contribution in [0.3, 0.4) is 0 Å². The Labute approximate surface area is 152 Å². The van der Waals surface area contributed by atoms with Gasteiger partial charge < -0.3 is 10.6 Å². The molecule has 1 heterocycles. The number of hydrogen-bond acceptors (Lipinski definition) is 2. The Balaban J connectivity index is 0.00000208. The molecule has 4 heteroatoms. The van der Waals surface area contributed by atoms with Gasteiger partial charge in [0.25, 0.3) is 5.91 Å². The number of halogens is 1. The van der Waals surface area contributed by atoms with Crippen LogP contribution < -0.4 is 5.73 Å². The van der Waals surface area contributed by atoms with E-state index in [0.717, 1.165) is 25.1 Å². The summed E-state index contributed by atoms with van der Waals surface area (Å²) in [5.74, 6) is 0.634. The van der Waals surface area contributed by atoms with Gasteiger partial charge in [-0.25, -0.2) is 0 Å². The Morgan fingerprint density at radius 3 is 2.38 bits per heavy atom. The van der Waals surface area contributed by atoms with Crippen molar-refractivity contribution in [3.63, 3.8) is 0 Å². The number of carbonyl (C=O) groups is 1. The molecule has 1 aromatic rings. The Morgan fingerprint density at radius 2 is 1.79 bits per heavy atom. The van der Waals surface area contributed by atoms with Crippen LogP contribution in [0.2, 0.25) is 0 Å². The molecule has 1 fully saturated rings. The zero-order valence-electron chi connectivity index (χ0n) is 15.4. The maximum absolute atomic E-state index is 12.9. The highest BCUT2D eigenvalue weighted by Gasteiger charge is 2.37. The molecule has 1 unspecified atom stereocenters. The molecule has 1 aliphatic heterocycles. The van der Waals surface area contributed by atoms with Crippen molar-refractivity contribution in [2.24, 2.45) is 11.7 Å². The Hall–Kier alpha value is -1.06. The molecule has 134 valence electrons. The summed E-state index contributed by atoms with van der Waals surface area (Å²) in [6.45, 7) is 11.6. The molecule has 1 saturated heterocycles. The standard InChI is InChI=1S/C20H30N2O.ClH/c1-19(2)8-9-20(3,4)17-11-15(5-6-16(17)19)18(23)22-10-7-14(12-21)13-22;/h5-6,11,14H,7-10,12-13,21H2,1-4H3;1H. The zero-order valence-corrected chi connectivity index (χ0v) is 16.2. The van der Waals surface area contributed by atoms with Gasteiger partial charge in [-0.3, -0.25) is 4.79 Å². The summed E-state index contributed by atoms with van der Waals surface area (Å²) < 4.78 is 0. The predicted octanol–water partition coefficient (Wildman–Crippen LogP) is 3.88. The molecular weight excluding hydrogens is 320 g/mol. The minimum absolute atomic E-state index is 0. The number of fused-ring (bicyclic) bond motifs is 1. The van der Waals surface area contributed by atoms with Crippen molar-refractivity contribution in [1.82, 2.24) is 4.90 Å². The summed E-state index contributed by atoms with van der Waals surface area (Å²) in [6.07, 6.45) is 3.40. The van der Waals surface area contributed by atoms with Gasteiger partial charge in [0.2, 0.25) is 0 Å². The second kappa shape index (κ2) is 6.68. The van der Waals surface area contributed by atoms with Gasteiger partial charge in [0, 0.05) is 18.7 Å². The number of amides is 1. The second-order valence-corrected chi connectivity index (χ2v) is 8.67. The van der Waals surface area contributed by atoms with Gasteiger partial charge in [0.1, 0.15) is 0 Å². The van der Waals surface area contributed by atoms with E-state index in [4.69, 9.17) is 5.73 Å². The summed E-state index contributed by atoms with van der Waals surface area (Å²) in [5.41, 5.74) is 9.70. The maximum Gasteiger partial charge on any atom is 0.253 e. The van der Waals surface area contributed by atoms with Crippen molar-refractivity contribution in [3.05, 3.63) is 34.9 Å². The first-order chi connectivity index (χ1) is 10.7. The van der Waals surface area contributed by atoms with E-state index in [1.54, 1.807) is 0 Å². The first-order valence-electron chi connectivity index (χ1n) is 8.89. The second-order valence-electron chi connectivity index (χ2n) is 8.67. The molecule has 3 nitrogen and oxygen atoms in total. The molecule has 2 aliphatic rings. The molecule has 3 rings (SSSR count). The minimum Gasteiger partial charge on any atom is -0.338 e. The third-order valence-electron chi connectivity index (χ3n) is 6.01. The van der Waals surface area contributed by atoms with Gasteiger partial charge >= 0.3 is 0 Å². The van der Waals surface area contributed by atoms with Crippen molar-refractivity contribution < 1.29 is 4.79 Å². The summed E-state index contributed by atoms with van der Waals surface area (Å²) >= 11 is 0. The zero-order chi connectivity index (χ0) is 16.8. The Bertz CT molecular complexity index is 624. The Kier molecular flexibility index (Phi) is 5.37.